The highest BCUT2D eigenvalue weighted by Gasteiger charge is 2.32. The SMILES string of the molecule is C[n+]1cccc(-c2ccccc2OB(Oc2ccccc2)Oc2ccccc2)c1C#N.[c-]1ccccc1. The van der Waals surface area contributed by atoms with Crippen molar-refractivity contribution in [3.8, 4) is 34.4 Å². The van der Waals surface area contributed by atoms with E-state index in [9.17, 15) is 5.26 Å². The topological polar surface area (TPSA) is 55.4 Å². The van der Waals surface area contributed by atoms with Crippen LogP contribution >= 0.6 is 0 Å². The predicted octanol–water partition coefficient (Wildman–Crippen LogP) is 6.06. The molecule has 0 radical (unpaired) electrons. The van der Waals surface area contributed by atoms with Gasteiger partial charge in [0.1, 0.15) is 24.3 Å². The molecule has 1 aromatic heterocycles. The lowest BCUT2D eigenvalue weighted by atomic mass is 10.0. The maximum Gasteiger partial charge on any atom is 0.864 e. The molecule has 0 atom stereocenters. The zero-order valence-corrected chi connectivity index (χ0v) is 20.4. The molecule has 4 aromatic carbocycles. The first-order chi connectivity index (χ1) is 18.2. The van der Waals surface area contributed by atoms with Crippen molar-refractivity contribution in [1.29, 1.82) is 5.26 Å². The fraction of sp³-hybridized carbons (Fsp3) is 0.0323. The quantitative estimate of drug-likeness (QED) is 0.160. The van der Waals surface area contributed by atoms with Gasteiger partial charge >= 0.3 is 7.32 Å². The molecule has 0 N–H and O–H groups in total. The van der Waals surface area contributed by atoms with Crippen LogP contribution in [-0.2, 0) is 7.05 Å². The number of hydrogen-bond acceptors (Lipinski definition) is 4. The molecule has 37 heavy (non-hydrogen) atoms. The summed E-state index contributed by atoms with van der Waals surface area (Å²) < 4.78 is 19.9. The zero-order valence-electron chi connectivity index (χ0n) is 20.4. The summed E-state index contributed by atoms with van der Waals surface area (Å²) in [6.45, 7) is 0. The Labute approximate surface area is 217 Å². The molecule has 180 valence electrons. The summed E-state index contributed by atoms with van der Waals surface area (Å²) in [4.78, 5) is 0. The minimum Gasteiger partial charge on any atom is -0.490 e. The molecule has 0 unspecified atom stereocenters. The summed E-state index contributed by atoms with van der Waals surface area (Å²) in [6, 6.07) is 44.8. The molecule has 1 heterocycles. The Bertz CT molecular complexity index is 1360. The standard InChI is InChI=1S/C25H20BN2O3.C6H5/c1-28-18-10-16-22(24(28)19-27)23-15-8-9-17-25(23)31-26(29-20-11-4-2-5-12-20)30-21-13-6-3-7-14-21;1-2-4-6-5-3-1/h2-18H,1H3;1-5H/q+1;-1. The summed E-state index contributed by atoms with van der Waals surface area (Å²) in [5, 5.41) is 9.66. The van der Waals surface area contributed by atoms with E-state index in [4.69, 9.17) is 14.0 Å². The molecule has 5 nitrogen and oxygen atoms in total. The second-order valence-corrected chi connectivity index (χ2v) is 7.84. The number of hydrogen-bond donors (Lipinski definition) is 0. The second kappa shape index (κ2) is 13.2. The van der Waals surface area contributed by atoms with Crippen LogP contribution in [0.25, 0.3) is 11.1 Å². The van der Waals surface area contributed by atoms with Gasteiger partial charge in [-0.25, -0.2) is 0 Å². The van der Waals surface area contributed by atoms with E-state index in [1.807, 2.05) is 141 Å². The maximum atomic E-state index is 9.66. The van der Waals surface area contributed by atoms with Crippen LogP contribution in [-0.4, -0.2) is 7.32 Å². The highest BCUT2D eigenvalue weighted by molar-refractivity contribution is 6.39. The van der Waals surface area contributed by atoms with Crippen molar-refractivity contribution in [2.45, 2.75) is 0 Å². The Morgan fingerprint density at radius 1 is 0.649 bits per heavy atom. The molecule has 6 heteroatoms. The molecule has 0 fully saturated rings. The summed E-state index contributed by atoms with van der Waals surface area (Å²) >= 11 is 0. The minimum absolute atomic E-state index is 0.531. The number of aryl methyl sites for hydroxylation is 1. The van der Waals surface area contributed by atoms with Crippen LogP contribution in [0.3, 0.4) is 0 Å². The molecule has 0 amide bonds. The van der Waals surface area contributed by atoms with Gasteiger partial charge in [0.05, 0.1) is 5.56 Å². The molecule has 0 spiro atoms. The third-order valence-electron chi connectivity index (χ3n) is 5.24. The number of benzene rings is 4. The second-order valence-electron chi connectivity index (χ2n) is 7.84. The van der Waals surface area contributed by atoms with E-state index < -0.39 is 7.32 Å². The molecule has 0 saturated carbocycles. The van der Waals surface area contributed by atoms with Crippen LogP contribution in [0.15, 0.2) is 134 Å². The molecule has 0 bridgehead atoms. The van der Waals surface area contributed by atoms with Gasteiger partial charge in [-0.3, -0.25) is 0 Å². The lowest BCUT2D eigenvalue weighted by Crippen LogP contribution is -2.37. The van der Waals surface area contributed by atoms with Crippen LogP contribution in [0.2, 0.25) is 0 Å². The van der Waals surface area contributed by atoms with Crippen LogP contribution in [0.1, 0.15) is 5.69 Å². The molecule has 5 rings (SSSR count). The first-order valence-electron chi connectivity index (χ1n) is 11.7. The third-order valence-corrected chi connectivity index (χ3v) is 5.24. The van der Waals surface area contributed by atoms with Gasteiger partial charge in [-0.15, -0.1) is 0 Å². The zero-order chi connectivity index (χ0) is 25.7. The summed E-state index contributed by atoms with van der Waals surface area (Å²) in [6.07, 6.45) is 1.84. The van der Waals surface area contributed by atoms with Crippen molar-refractivity contribution in [3.63, 3.8) is 0 Å². The van der Waals surface area contributed by atoms with Crippen LogP contribution in [0.4, 0.5) is 0 Å². The smallest absolute Gasteiger partial charge is 0.490 e. The van der Waals surface area contributed by atoms with Gasteiger partial charge < -0.3 is 14.0 Å². The normalized spacial score (nSPS) is 9.73. The highest BCUT2D eigenvalue weighted by atomic mass is 16.7. The lowest BCUT2D eigenvalue weighted by molar-refractivity contribution is -0.673. The number of nitrogens with zero attached hydrogens (tertiary/aromatic N) is 2. The molecular weight excluding hydrogens is 459 g/mol. The van der Waals surface area contributed by atoms with Gasteiger partial charge in [0.2, 0.25) is 0 Å². The van der Waals surface area contributed by atoms with Gasteiger partial charge in [0.25, 0.3) is 5.69 Å². The Hall–Kier alpha value is -5.02. The van der Waals surface area contributed by atoms with Gasteiger partial charge in [-0.1, -0.05) is 54.6 Å². The summed E-state index contributed by atoms with van der Waals surface area (Å²) in [5.41, 5.74) is 2.07. The lowest BCUT2D eigenvalue weighted by Gasteiger charge is -2.18. The van der Waals surface area contributed by atoms with E-state index in [0.717, 1.165) is 11.1 Å². The van der Waals surface area contributed by atoms with Gasteiger partial charge in [-0.05, 0) is 36.4 Å². The van der Waals surface area contributed by atoms with Gasteiger partial charge in [0.15, 0.2) is 12.3 Å². The summed E-state index contributed by atoms with van der Waals surface area (Å²) in [7, 11) is 0.805. The van der Waals surface area contributed by atoms with E-state index in [1.54, 1.807) is 4.57 Å². The molecule has 0 saturated heterocycles. The first kappa shape index (κ1) is 25.1. The largest absolute Gasteiger partial charge is 0.864 e. The number of rotatable bonds is 7. The Morgan fingerprint density at radius 3 is 1.73 bits per heavy atom. The van der Waals surface area contributed by atoms with E-state index in [1.165, 1.54) is 0 Å². The highest BCUT2D eigenvalue weighted by Crippen LogP contribution is 2.31. The van der Waals surface area contributed by atoms with Crippen LogP contribution in [0, 0.1) is 17.4 Å². The fourth-order valence-corrected chi connectivity index (χ4v) is 3.50. The predicted molar refractivity (Wildman–Crippen MR) is 144 cm³/mol. The molecule has 0 aliphatic heterocycles. The number of pyridine rings is 1. The van der Waals surface area contributed by atoms with Crippen molar-refractivity contribution in [2.75, 3.05) is 0 Å². The van der Waals surface area contributed by atoms with E-state index in [-0.39, 0.29) is 0 Å². The minimum atomic E-state index is -1.03. The van der Waals surface area contributed by atoms with Gasteiger partial charge in [-0.2, -0.15) is 46.2 Å². The molecular formula is C31H25BN2O3. The number of nitriles is 1. The fourth-order valence-electron chi connectivity index (χ4n) is 3.50. The molecule has 5 aromatic rings. The van der Waals surface area contributed by atoms with Crippen molar-refractivity contribution in [2.24, 2.45) is 7.05 Å². The number of para-hydroxylation sites is 3. The first-order valence-corrected chi connectivity index (χ1v) is 11.7. The maximum absolute atomic E-state index is 9.66. The Balaban J connectivity index is 0.000000469. The Kier molecular flexibility index (Phi) is 8.93. The van der Waals surface area contributed by atoms with Crippen molar-refractivity contribution < 1.29 is 18.5 Å². The average Bonchev–Trinajstić information content (AvgIpc) is 2.95. The van der Waals surface area contributed by atoms with Crippen molar-refractivity contribution >= 4 is 7.32 Å². The molecule has 0 aliphatic rings. The van der Waals surface area contributed by atoms with Crippen LogP contribution in [0.5, 0.6) is 17.2 Å². The van der Waals surface area contributed by atoms with E-state index >= 15 is 0 Å². The summed E-state index contributed by atoms with van der Waals surface area (Å²) in [5.74, 6) is 1.77. The average molecular weight is 484 g/mol. The van der Waals surface area contributed by atoms with Crippen molar-refractivity contribution in [1.82, 2.24) is 0 Å². The van der Waals surface area contributed by atoms with E-state index in [2.05, 4.69) is 12.1 Å². The van der Waals surface area contributed by atoms with Gasteiger partial charge in [0, 0.05) is 11.6 Å². The Morgan fingerprint density at radius 2 is 1.19 bits per heavy atom. The monoisotopic (exact) mass is 484 g/mol. The number of aromatic nitrogens is 1. The van der Waals surface area contributed by atoms with E-state index in [0.29, 0.717) is 22.9 Å². The third kappa shape index (κ3) is 7.23. The van der Waals surface area contributed by atoms with Crippen LogP contribution < -0.4 is 18.5 Å². The molecule has 0 aliphatic carbocycles. The van der Waals surface area contributed by atoms with Crippen molar-refractivity contribution in [3.05, 3.63) is 145 Å².